The van der Waals surface area contributed by atoms with Gasteiger partial charge in [0.2, 0.25) is 0 Å². The zero-order valence-corrected chi connectivity index (χ0v) is 13.9. The first kappa shape index (κ1) is 15.7. The average molecular weight is 414 g/mol. The van der Waals surface area contributed by atoms with E-state index in [1.807, 2.05) is 12.1 Å². The molecule has 2 aromatic rings. The lowest BCUT2D eigenvalue weighted by Gasteiger charge is -2.08. The van der Waals surface area contributed by atoms with Crippen LogP contribution in [0.4, 0.5) is 0 Å². The van der Waals surface area contributed by atoms with E-state index in [1.165, 1.54) is 0 Å². The highest BCUT2D eigenvalue weighted by Gasteiger charge is 2.08. The van der Waals surface area contributed by atoms with Gasteiger partial charge in [-0.3, -0.25) is 4.79 Å². The van der Waals surface area contributed by atoms with E-state index >= 15 is 0 Å². The van der Waals surface area contributed by atoms with Crippen LogP contribution in [-0.4, -0.2) is 18.9 Å². The second-order valence-electron chi connectivity index (χ2n) is 4.02. The number of hydrogen-bond donors (Lipinski definition) is 0. The normalized spacial score (nSPS) is 10.0. The monoisotopic (exact) mass is 412 g/mol. The maximum absolute atomic E-state index is 11.7. The quantitative estimate of drug-likeness (QED) is 0.422. The number of esters is 1. The van der Waals surface area contributed by atoms with Crippen molar-refractivity contribution >= 4 is 44.1 Å². The highest BCUT2D eigenvalue weighted by atomic mass is 79.9. The molecule has 0 atom stereocenters. The molecule has 6 heteroatoms. The molecule has 0 radical (unpaired) electrons. The zero-order valence-electron chi connectivity index (χ0n) is 10.7. The molecular formula is C15H10Br2O4. The predicted octanol–water partition coefficient (Wildman–Crippen LogP) is 4.01. The lowest BCUT2D eigenvalue weighted by atomic mass is 10.2. The summed E-state index contributed by atoms with van der Waals surface area (Å²) in [5, 5.41) is 0. The van der Waals surface area contributed by atoms with Crippen LogP contribution >= 0.6 is 31.9 Å². The topological polar surface area (TPSA) is 52.6 Å². The first-order chi connectivity index (χ1) is 10.1. The third-order valence-electron chi connectivity index (χ3n) is 2.49. The van der Waals surface area contributed by atoms with Crippen molar-refractivity contribution in [3.63, 3.8) is 0 Å². The second-order valence-corrected chi connectivity index (χ2v) is 5.79. The summed E-state index contributed by atoms with van der Waals surface area (Å²) in [4.78, 5) is 22.2. The fourth-order valence-corrected chi connectivity index (χ4v) is 2.67. The third kappa shape index (κ3) is 4.68. The maximum Gasteiger partial charge on any atom is 0.349 e. The standard InChI is InChI=1S/C15H10Br2O4/c16-11-3-6-14(13(17)7-11)20-9-15(19)21-12-4-1-10(8-18)2-5-12/h1-8H,9H2. The minimum atomic E-state index is -0.524. The molecule has 0 bridgehead atoms. The number of carbonyl (C=O) groups excluding carboxylic acids is 2. The molecule has 2 aromatic carbocycles. The van der Waals surface area contributed by atoms with Crippen LogP contribution in [0.2, 0.25) is 0 Å². The van der Waals surface area contributed by atoms with Crippen LogP contribution < -0.4 is 9.47 Å². The van der Waals surface area contributed by atoms with E-state index in [9.17, 15) is 9.59 Å². The van der Waals surface area contributed by atoms with Gasteiger partial charge in [0.25, 0.3) is 0 Å². The van der Waals surface area contributed by atoms with Crippen molar-refractivity contribution in [1.82, 2.24) is 0 Å². The number of hydrogen-bond acceptors (Lipinski definition) is 4. The Hall–Kier alpha value is -1.66. The van der Waals surface area contributed by atoms with Gasteiger partial charge in [0, 0.05) is 10.0 Å². The summed E-state index contributed by atoms with van der Waals surface area (Å²) in [6, 6.07) is 11.6. The SMILES string of the molecule is O=Cc1ccc(OC(=O)COc2ccc(Br)cc2Br)cc1. The second kappa shape index (κ2) is 7.38. The molecule has 4 nitrogen and oxygen atoms in total. The fourth-order valence-electron chi connectivity index (χ4n) is 1.50. The summed E-state index contributed by atoms with van der Waals surface area (Å²) in [5.74, 6) is 0.388. The molecule has 0 aliphatic rings. The van der Waals surface area contributed by atoms with Gasteiger partial charge in [-0.15, -0.1) is 0 Å². The lowest BCUT2D eigenvalue weighted by molar-refractivity contribution is -0.136. The van der Waals surface area contributed by atoms with E-state index in [0.717, 1.165) is 15.2 Å². The van der Waals surface area contributed by atoms with Crippen molar-refractivity contribution in [2.45, 2.75) is 0 Å². The molecule has 0 aliphatic carbocycles. The van der Waals surface area contributed by atoms with Crippen LogP contribution in [0.3, 0.4) is 0 Å². The first-order valence-electron chi connectivity index (χ1n) is 5.92. The fraction of sp³-hybridized carbons (Fsp3) is 0.0667. The van der Waals surface area contributed by atoms with Crippen LogP contribution in [0.25, 0.3) is 0 Å². The van der Waals surface area contributed by atoms with Crippen LogP contribution in [-0.2, 0) is 4.79 Å². The third-order valence-corrected chi connectivity index (χ3v) is 3.60. The Bertz CT molecular complexity index is 653. The number of aldehydes is 1. The Morgan fingerprint density at radius 3 is 2.43 bits per heavy atom. The van der Waals surface area contributed by atoms with E-state index in [1.54, 1.807) is 30.3 Å². The Balaban J connectivity index is 1.90. The Morgan fingerprint density at radius 1 is 1.10 bits per heavy atom. The molecule has 0 heterocycles. The van der Waals surface area contributed by atoms with Crippen LogP contribution in [0.1, 0.15) is 10.4 Å². The number of benzene rings is 2. The van der Waals surface area contributed by atoms with Crippen molar-refractivity contribution in [1.29, 1.82) is 0 Å². The Labute approximate surface area is 138 Å². The molecule has 21 heavy (non-hydrogen) atoms. The molecule has 0 unspecified atom stereocenters. The van der Waals surface area contributed by atoms with E-state index in [2.05, 4.69) is 31.9 Å². The summed E-state index contributed by atoms with van der Waals surface area (Å²) in [6.45, 7) is -0.213. The van der Waals surface area contributed by atoms with Crippen LogP contribution in [0, 0.1) is 0 Å². The van der Waals surface area contributed by atoms with Gasteiger partial charge in [0.1, 0.15) is 17.8 Å². The summed E-state index contributed by atoms with van der Waals surface area (Å²) in [5.41, 5.74) is 0.518. The van der Waals surface area contributed by atoms with E-state index in [0.29, 0.717) is 17.1 Å². The van der Waals surface area contributed by atoms with Crippen molar-refractivity contribution in [2.75, 3.05) is 6.61 Å². The summed E-state index contributed by atoms with van der Waals surface area (Å²) in [6.07, 6.45) is 0.722. The van der Waals surface area contributed by atoms with Crippen molar-refractivity contribution in [3.05, 3.63) is 57.0 Å². The molecule has 0 saturated heterocycles. The molecule has 0 amide bonds. The van der Waals surface area contributed by atoms with Crippen LogP contribution in [0.15, 0.2) is 51.4 Å². The maximum atomic E-state index is 11.7. The summed E-state index contributed by atoms with van der Waals surface area (Å²) in [7, 11) is 0. The molecule has 0 N–H and O–H groups in total. The smallest absolute Gasteiger partial charge is 0.349 e. The lowest BCUT2D eigenvalue weighted by Crippen LogP contribution is -2.17. The zero-order chi connectivity index (χ0) is 15.2. The van der Waals surface area contributed by atoms with Crippen LogP contribution in [0.5, 0.6) is 11.5 Å². The van der Waals surface area contributed by atoms with Gasteiger partial charge >= 0.3 is 5.97 Å². The average Bonchev–Trinajstić information content (AvgIpc) is 2.47. The molecule has 108 valence electrons. The van der Waals surface area contributed by atoms with Gasteiger partial charge in [-0.25, -0.2) is 4.79 Å². The van der Waals surface area contributed by atoms with Crippen molar-refractivity contribution < 1.29 is 19.1 Å². The van der Waals surface area contributed by atoms with Gasteiger partial charge in [0.15, 0.2) is 6.61 Å². The molecule has 0 fully saturated rings. The van der Waals surface area contributed by atoms with Gasteiger partial charge in [-0.1, -0.05) is 15.9 Å². The minimum Gasteiger partial charge on any atom is -0.481 e. The number of halogens is 2. The molecule has 2 rings (SSSR count). The first-order valence-corrected chi connectivity index (χ1v) is 7.51. The van der Waals surface area contributed by atoms with E-state index < -0.39 is 5.97 Å². The molecule has 0 aromatic heterocycles. The summed E-state index contributed by atoms with van der Waals surface area (Å²) >= 11 is 6.67. The van der Waals surface area contributed by atoms with Crippen molar-refractivity contribution in [2.24, 2.45) is 0 Å². The number of rotatable bonds is 5. The molecular weight excluding hydrogens is 404 g/mol. The highest BCUT2D eigenvalue weighted by molar-refractivity contribution is 9.11. The van der Waals surface area contributed by atoms with Gasteiger partial charge < -0.3 is 9.47 Å². The Kier molecular flexibility index (Phi) is 5.52. The predicted molar refractivity (Wildman–Crippen MR) is 84.8 cm³/mol. The van der Waals surface area contributed by atoms with E-state index in [4.69, 9.17) is 9.47 Å². The van der Waals surface area contributed by atoms with Gasteiger partial charge in [0.05, 0.1) is 4.47 Å². The number of carbonyl (C=O) groups is 2. The molecule has 0 saturated carbocycles. The largest absolute Gasteiger partial charge is 0.481 e. The van der Waals surface area contributed by atoms with Gasteiger partial charge in [-0.05, 0) is 58.4 Å². The van der Waals surface area contributed by atoms with Gasteiger partial charge in [-0.2, -0.15) is 0 Å². The molecule has 0 spiro atoms. The molecule has 0 aliphatic heterocycles. The minimum absolute atomic E-state index is 0.213. The summed E-state index contributed by atoms with van der Waals surface area (Å²) < 4.78 is 12.1. The Morgan fingerprint density at radius 2 is 1.81 bits per heavy atom. The van der Waals surface area contributed by atoms with E-state index in [-0.39, 0.29) is 6.61 Å². The number of ether oxygens (including phenoxy) is 2. The highest BCUT2D eigenvalue weighted by Crippen LogP contribution is 2.28. The van der Waals surface area contributed by atoms with Crippen molar-refractivity contribution in [3.8, 4) is 11.5 Å².